The summed E-state index contributed by atoms with van der Waals surface area (Å²) in [5, 5.41) is 5.91. The number of carbonyl (C=O) groups excluding carboxylic acids is 1. The lowest BCUT2D eigenvalue weighted by atomic mass is 10.1. The van der Waals surface area contributed by atoms with E-state index in [1.54, 1.807) is 0 Å². The summed E-state index contributed by atoms with van der Waals surface area (Å²) in [5.74, 6) is -0.0245. The van der Waals surface area contributed by atoms with Gasteiger partial charge in [-0.25, -0.2) is 4.98 Å². The first-order valence-corrected chi connectivity index (χ1v) is 8.25. The fourth-order valence-corrected chi connectivity index (χ4v) is 3.41. The van der Waals surface area contributed by atoms with Gasteiger partial charge in [0, 0.05) is 22.7 Å². The molecule has 0 bridgehead atoms. The van der Waals surface area contributed by atoms with E-state index >= 15 is 0 Å². The molecule has 1 amide bonds. The second kappa shape index (κ2) is 5.31. The minimum atomic E-state index is -0.0245. The Hall–Kier alpha value is -3.40. The zero-order chi connectivity index (χ0) is 16.8. The maximum atomic E-state index is 12.0. The Bertz CT molecular complexity index is 1160. The van der Waals surface area contributed by atoms with Crippen LogP contribution >= 0.6 is 0 Å². The number of nitrogens with zero attached hydrogens (tertiary/aromatic N) is 1. The second-order valence-corrected chi connectivity index (χ2v) is 6.21. The van der Waals surface area contributed by atoms with E-state index in [0.717, 1.165) is 44.2 Å². The Morgan fingerprint density at radius 1 is 1.00 bits per heavy atom. The standard InChI is InChI=1S/C21H15N3O/c25-21-19-16-9-7-14-11-22-15(8-6-13-4-2-1-3-5-13)10-17(14)20(16)24-18(19)12-23-21/h1-11,22H,12H2,(H,23,25). The number of amides is 1. The zero-order valence-corrected chi connectivity index (χ0v) is 13.4. The molecule has 4 aromatic rings. The van der Waals surface area contributed by atoms with Crippen molar-refractivity contribution >= 4 is 39.7 Å². The van der Waals surface area contributed by atoms with Gasteiger partial charge in [0.25, 0.3) is 5.91 Å². The molecule has 25 heavy (non-hydrogen) atoms. The lowest BCUT2D eigenvalue weighted by Crippen LogP contribution is -2.13. The van der Waals surface area contributed by atoms with Crippen LogP contribution in [0.5, 0.6) is 0 Å². The molecule has 120 valence electrons. The molecule has 4 heteroatoms. The first kappa shape index (κ1) is 14.0. The molecule has 1 aliphatic heterocycles. The molecule has 0 aliphatic carbocycles. The lowest BCUT2D eigenvalue weighted by Gasteiger charge is -2.03. The topological polar surface area (TPSA) is 57.8 Å². The van der Waals surface area contributed by atoms with E-state index in [2.05, 4.69) is 40.7 Å². The molecular weight excluding hydrogens is 310 g/mol. The van der Waals surface area contributed by atoms with Gasteiger partial charge in [-0.15, -0.1) is 0 Å². The van der Waals surface area contributed by atoms with Crippen LogP contribution in [0.3, 0.4) is 0 Å². The first-order chi connectivity index (χ1) is 12.3. The Morgan fingerprint density at radius 3 is 2.76 bits per heavy atom. The molecule has 0 atom stereocenters. The van der Waals surface area contributed by atoms with E-state index in [4.69, 9.17) is 4.98 Å². The van der Waals surface area contributed by atoms with Crippen molar-refractivity contribution in [1.29, 1.82) is 0 Å². The quantitative estimate of drug-likeness (QED) is 0.582. The molecule has 0 unspecified atom stereocenters. The van der Waals surface area contributed by atoms with Crippen molar-refractivity contribution in [2.24, 2.45) is 0 Å². The molecule has 0 spiro atoms. The van der Waals surface area contributed by atoms with Crippen molar-refractivity contribution in [2.45, 2.75) is 6.54 Å². The van der Waals surface area contributed by atoms with E-state index in [1.807, 2.05) is 36.5 Å². The number of pyridine rings is 1. The molecule has 2 aromatic heterocycles. The molecule has 0 fully saturated rings. The van der Waals surface area contributed by atoms with E-state index in [-0.39, 0.29) is 5.91 Å². The predicted octanol–water partition coefficient (Wildman–Crippen LogP) is 4.13. The third kappa shape index (κ3) is 2.22. The fourth-order valence-electron chi connectivity index (χ4n) is 3.41. The van der Waals surface area contributed by atoms with Gasteiger partial charge >= 0.3 is 0 Å². The number of nitrogens with one attached hydrogen (secondary N) is 2. The van der Waals surface area contributed by atoms with E-state index in [1.165, 1.54) is 0 Å². The molecule has 2 N–H and O–H groups in total. The maximum Gasteiger partial charge on any atom is 0.254 e. The van der Waals surface area contributed by atoms with Crippen LogP contribution in [-0.4, -0.2) is 15.9 Å². The smallest absolute Gasteiger partial charge is 0.254 e. The SMILES string of the molecule is O=C1NCc2nc3c(ccc4c[nH]c(C=Cc5ccccc5)cc43)c21. The van der Waals surface area contributed by atoms with Crippen molar-refractivity contribution < 1.29 is 4.79 Å². The van der Waals surface area contributed by atoms with Gasteiger partial charge < -0.3 is 10.3 Å². The minimum Gasteiger partial charge on any atom is -0.361 e. The minimum absolute atomic E-state index is 0.0245. The maximum absolute atomic E-state index is 12.0. The number of rotatable bonds is 2. The Morgan fingerprint density at radius 2 is 1.88 bits per heavy atom. The van der Waals surface area contributed by atoms with Gasteiger partial charge in [0.15, 0.2) is 0 Å². The molecule has 3 heterocycles. The van der Waals surface area contributed by atoms with Gasteiger partial charge in [0.05, 0.1) is 23.3 Å². The molecule has 2 aromatic carbocycles. The number of hydrogen-bond donors (Lipinski definition) is 2. The molecule has 0 saturated heterocycles. The molecule has 0 saturated carbocycles. The Kier molecular flexibility index (Phi) is 2.97. The number of aromatic nitrogens is 2. The summed E-state index contributed by atoms with van der Waals surface area (Å²) in [6, 6.07) is 16.3. The van der Waals surface area contributed by atoms with Gasteiger partial charge in [-0.05, 0) is 23.1 Å². The van der Waals surface area contributed by atoms with Crippen molar-refractivity contribution in [2.75, 3.05) is 0 Å². The van der Waals surface area contributed by atoms with E-state index in [0.29, 0.717) is 6.54 Å². The van der Waals surface area contributed by atoms with E-state index < -0.39 is 0 Å². The largest absolute Gasteiger partial charge is 0.361 e. The second-order valence-electron chi connectivity index (χ2n) is 6.21. The number of aromatic amines is 1. The van der Waals surface area contributed by atoms with Gasteiger partial charge in [0.1, 0.15) is 0 Å². The molecular formula is C21H15N3O. The average molecular weight is 325 g/mol. The fraction of sp³-hybridized carbons (Fsp3) is 0.0476. The van der Waals surface area contributed by atoms with E-state index in [9.17, 15) is 4.79 Å². The predicted molar refractivity (Wildman–Crippen MR) is 100 cm³/mol. The Labute approximate surface area is 144 Å². The molecule has 0 radical (unpaired) electrons. The monoisotopic (exact) mass is 325 g/mol. The highest BCUT2D eigenvalue weighted by Gasteiger charge is 2.25. The van der Waals surface area contributed by atoms with Crippen LogP contribution in [-0.2, 0) is 6.54 Å². The average Bonchev–Trinajstić information content (AvgIpc) is 3.21. The summed E-state index contributed by atoms with van der Waals surface area (Å²) in [6.07, 6.45) is 6.11. The van der Waals surface area contributed by atoms with Gasteiger partial charge in [-0.2, -0.15) is 0 Å². The number of H-pyrrole nitrogens is 1. The summed E-state index contributed by atoms with van der Waals surface area (Å²) in [6.45, 7) is 0.518. The van der Waals surface area contributed by atoms with Crippen LogP contribution in [0.15, 0.2) is 54.7 Å². The highest BCUT2D eigenvalue weighted by molar-refractivity contribution is 6.16. The van der Waals surface area contributed by atoms with Gasteiger partial charge in [0.2, 0.25) is 0 Å². The summed E-state index contributed by atoms with van der Waals surface area (Å²) in [7, 11) is 0. The zero-order valence-electron chi connectivity index (χ0n) is 13.4. The van der Waals surface area contributed by atoms with Crippen LogP contribution in [0.2, 0.25) is 0 Å². The van der Waals surface area contributed by atoms with Crippen molar-refractivity contribution in [3.05, 3.63) is 77.2 Å². The number of hydrogen-bond acceptors (Lipinski definition) is 2. The normalized spacial score (nSPS) is 13.7. The Balaban J connectivity index is 1.66. The highest BCUT2D eigenvalue weighted by Crippen LogP contribution is 2.31. The van der Waals surface area contributed by atoms with Crippen molar-refractivity contribution in [1.82, 2.24) is 15.3 Å². The number of carbonyl (C=O) groups is 1. The van der Waals surface area contributed by atoms with Crippen LogP contribution in [0.4, 0.5) is 0 Å². The van der Waals surface area contributed by atoms with Crippen LogP contribution in [0, 0.1) is 0 Å². The summed E-state index contributed by atoms with van der Waals surface area (Å²) < 4.78 is 0. The number of benzene rings is 2. The summed E-state index contributed by atoms with van der Waals surface area (Å²) in [5.41, 5.74) is 4.63. The third-order valence-corrected chi connectivity index (χ3v) is 4.65. The van der Waals surface area contributed by atoms with Gasteiger partial charge in [-0.1, -0.05) is 48.5 Å². The molecule has 4 nitrogen and oxygen atoms in total. The number of fused-ring (bicyclic) bond motifs is 5. The van der Waals surface area contributed by atoms with Crippen LogP contribution in [0.25, 0.3) is 33.8 Å². The summed E-state index contributed by atoms with van der Waals surface area (Å²) >= 11 is 0. The molecule has 1 aliphatic rings. The van der Waals surface area contributed by atoms with Crippen molar-refractivity contribution in [3.8, 4) is 0 Å². The van der Waals surface area contributed by atoms with Crippen LogP contribution < -0.4 is 5.32 Å². The molecule has 5 rings (SSSR count). The van der Waals surface area contributed by atoms with Crippen molar-refractivity contribution in [3.63, 3.8) is 0 Å². The first-order valence-electron chi connectivity index (χ1n) is 8.25. The van der Waals surface area contributed by atoms with Crippen LogP contribution in [0.1, 0.15) is 27.3 Å². The van der Waals surface area contributed by atoms with Gasteiger partial charge in [-0.3, -0.25) is 4.79 Å². The lowest BCUT2D eigenvalue weighted by molar-refractivity contribution is 0.0967. The summed E-state index contributed by atoms with van der Waals surface area (Å²) in [4.78, 5) is 20.1. The highest BCUT2D eigenvalue weighted by atomic mass is 16.1. The third-order valence-electron chi connectivity index (χ3n) is 4.65.